The molecule has 14 heteroatoms. The van der Waals surface area contributed by atoms with E-state index in [1.165, 1.54) is 32.0 Å². The third-order valence-electron chi connectivity index (χ3n) is 5.02. The number of hydrogen-bond donors (Lipinski definition) is 3. The van der Waals surface area contributed by atoms with Gasteiger partial charge < -0.3 is 15.2 Å². The number of anilines is 2. The third-order valence-corrected chi connectivity index (χ3v) is 6.91. The van der Waals surface area contributed by atoms with Gasteiger partial charge in [0.15, 0.2) is 0 Å². The second-order valence-corrected chi connectivity index (χ2v) is 9.83. The third kappa shape index (κ3) is 4.84. The Balaban J connectivity index is 2.14. The van der Waals surface area contributed by atoms with Crippen LogP contribution in [0.3, 0.4) is 0 Å². The number of amides is 2. The van der Waals surface area contributed by atoms with Gasteiger partial charge in [0.1, 0.15) is 16.7 Å². The van der Waals surface area contributed by atoms with Crippen LogP contribution in [0.15, 0.2) is 29.3 Å². The van der Waals surface area contributed by atoms with Crippen LogP contribution in [0.2, 0.25) is 0 Å². The minimum atomic E-state index is -4.44. The lowest BCUT2D eigenvalue weighted by molar-refractivity contribution is -0.121. The summed E-state index contributed by atoms with van der Waals surface area (Å²) in [7, 11) is -4.44. The molecule has 1 aromatic heterocycles. The standard InChI is InChI=1S/C19H23F2N5O6S/c1-10-15(8-25(24-10)17(20)21)33(30,31)26-9-16(19(3,4)23-11(2)27)32-14-6-5-12(7-13(14)26)22-18(28)29/h5-8,16-17,22H,9H2,1-4H3,(H,23,27)(H,28,29). The minimum absolute atomic E-state index is 0.000298. The van der Waals surface area contributed by atoms with Crippen molar-refractivity contribution in [2.45, 2.75) is 50.8 Å². The number of carbonyl (C=O) groups excluding carboxylic acids is 1. The van der Waals surface area contributed by atoms with Crippen LogP contribution in [0.5, 0.6) is 5.75 Å². The Labute approximate surface area is 188 Å². The van der Waals surface area contributed by atoms with E-state index in [4.69, 9.17) is 9.84 Å². The Kier molecular flexibility index (Phi) is 6.24. The number of carbonyl (C=O) groups is 2. The van der Waals surface area contributed by atoms with Crippen molar-refractivity contribution >= 4 is 33.4 Å². The summed E-state index contributed by atoms with van der Waals surface area (Å²) in [5.74, 6) is -0.262. The topological polar surface area (TPSA) is 143 Å². The summed E-state index contributed by atoms with van der Waals surface area (Å²) >= 11 is 0. The zero-order valence-corrected chi connectivity index (χ0v) is 19.0. The van der Waals surface area contributed by atoms with E-state index in [0.29, 0.717) is 0 Å². The number of alkyl halides is 2. The fourth-order valence-corrected chi connectivity index (χ4v) is 5.15. The summed E-state index contributed by atoms with van der Waals surface area (Å²) in [6, 6.07) is 4.02. The number of nitrogens with zero attached hydrogens (tertiary/aromatic N) is 3. The van der Waals surface area contributed by atoms with E-state index in [1.807, 2.05) is 0 Å². The van der Waals surface area contributed by atoms with E-state index < -0.39 is 39.2 Å². The predicted octanol–water partition coefficient (Wildman–Crippen LogP) is 2.55. The van der Waals surface area contributed by atoms with Gasteiger partial charge in [0, 0.05) is 12.6 Å². The number of halogens is 2. The normalized spacial score (nSPS) is 16.2. The van der Waals surface area contributed by atoms with Crippen molar-refractivity contribution in [1.29, 1.82) is 0 Å². The number of aromatic nitrogens is 2. The van der Waals surface area contributed by atoms with E-state index in [-0.39, 0.29) is 40.0 Å². The zero-order chi connectivity index (χ0) is 24.7. The van der Waals surface area contributed by atoms with E-state index in [2.05, 4.69) is 15.7 Å². The first-order valence-electron chi connectivity index (χ1n) is 9.68. The Bertz CT molecular complexity index is 1200. The summed E-state index contributed by atoms with van der Waals surface area (Å²) in [6.07, 6.45) is -1.50. The molecule has 1 aliphatic rings. The summed E-state index contributed by atoms with van der Waals surface area (Å²) in [6.45, 7) is 2.55. The second kappa shape index (κ2) is 8.50. The van der Waals surface area contributed by atoms with Gasteiger partial charge >= 0.3 is 12.6 Å². The smallest absolute Gasteiger partial charge is 0.409 e. The van der Waals surface area contributed by atoms with Gasteiger partial charge in [-0.25, -0.2) is 17.9 Å². The van der Waals surface area contributed by atoms with Crippen LogP contribution >= 0.6 is 0 Å². The molecule has 0 radical (unpaired) electrons. The quantitative estimate of drug-likeness (QED) is 0.568. The average Bonchev–Trinajstić information content (AvgIpc) is 3.08. The Morgan fingerprint density at radius 1 is 1.33 bits per heavy atom. The van der Waals surface area contributed by atoms with Crippen LogP contribution in [0.4, 0.5) is 25.0 Å². The highest BCUT2D eigenvalue weighted by Gasteiger charge is 2.43. The first-order chi connectivity index (χ1) is 15.2. The summed E-state index contributed by atoms with van der Waals surface area (Å²) in [5, 5.41) is 17.4. The Morgan fingerprint density at radius 3 is 2.55 bits per heavy atom. The van der Waals surface area contributed by atoms with Gasteiger partial charge in [-0.3, -0.25) is 14.4 Å². The molecule has 1 unspecified atom stereocenters. The van der Waals surface area contributed by atoms with Crippen molar-refractivity contribution in [1.82, 2.24) is 15.1 Å². The van der Waals surface area contributed by atoms with Crippen molar-refractivity contribution in [2.24, 2.45) is 0 Å². The van der Waals surface area contributed by atoms with Crippen molar-refractivity contribution in [2.75, 3.05) is 16.2 Å². The highest BCUT2D eigenvalue weighted by Crippen LogP contribution is 2.41. The maximum absolute atomic E-state index is 13.6. The fourth-order valence-electron chi connectivity index (χ4n) is 3.53. The molecule has 1 atom stereocenters. The number of fused-ring (bicyclic) bond motifs is 1. The minimum Gasteiger partial charge on any atom is -0.484 e. The van der Waals surface area contributed by atoms with E-state index >= 15 is 0 Å². The maximum Gasteiger partial charge on any atom is 0.409 e. The zero-order valence-electron chi connectivity index (χ0n) is 18.2. The van der Waals surface area contributed by atoms with E-state index in [1.54, 1.807) is 13.8 Å². The number of aryl methyl sites for hydroxylation is 1. The van der Waals surface area contributed by atoms with Crippen molar-refractivity contribution in [3.05, 3.63) is 30.1 Å². The molecular weight excluding hydrogens is 464 g/mol. The number of sulfonamides is 1. The van der Waals surface area contributed by atoms with Crippen LogP contribution in [0.1, 0.15) is 33.0 Å². The van der Waals surface area contributed by atoms with Crippen LogP contribution in [-0.2, 0) is 14.8 Å². The predicted molar refractivity (Wildman–Crippen MR) is 113 cm³/mol. The molecule has 0 bridgehead atoms. The molecule has 0 saturated carbocycles. The fraction of sp³-hybridized carbons (Fsp3) is 0.421. The SMILES string of the molecule is CC(=O)NC(C)(C)C1CN(S(=O)(=O)c2cn(C(F)F)nc2C)c2cc(NC(=O)O)ccc2O1. The molecule has 0 spiro atoms. The van der Waals surface area contributed by atoms with Crippen LogP contribution in [-0.4, -0.2) is 53.5 Å². The number of rotatable bonds is 6. The Hall–Kier alpha value is -3.42. The van der Waals surface area contributed by atoms with Gasteiger partial charge in [0.05, 0.1) is 29.7 Å². The monoisotopic (exact) mass is 487 g/mol. The van der Waals surface area contributed by atoms with Crippen molar-refractivity contribution < 1.29 is 36.6 Å². The molecule has 3 N–H and O–H groups in total. The van der Waals surface area contributed by atoms with Gasteiger partial charge in [0.25, 0.3) is 10.0 Å². The average molecular weight is 487 g/mol. The number of benzene rings is 1. The second-order valence-electron chi connectivity index (χ2n) is 7.99. The van der Waals surface area contributed by atoms with E-state index in [9.17, 15) is 26.8 Å². The molecule has 3 rings (SSSR count). The van der Waals surface area contributed by atoms with Crippen LogP contribution in [0.25, 0.3) is 0 Å². The molecule has 0 saturated heterocycles. The molecule has 1 aromatic carbocycles. The lowest BCUT2D eigenvalue weighted by atomic mass is 9.95. The lowest BCUT2D eigenvalue weighted by Gasteiger charge is -2.42. The molecule has 0 fully saturated rings. The molecule has 0 aliphatic carbocycles. The number of nitrogens with one attached hydrogen (secondary N) is 2. The summed E-state index contributed by atoms with van der Waals surface area (Å²) < 4.78 is 60.5. The number of carboxylic acid groups (broad SMARTS) is 1. The molecule has 1 aliphatic heterocycles. The Morgan fingerprint density at radius 2 is 2.00 bits per heavy atom. The highest BCUT2D eigenvalue weighted by molar-refractivity contribution is 7.92. The molecule has 180 valence electrons. The van der Waals surface area contributed by atoms with Gasteiger partial charge in [-0.2, -0.15) is 13.9 Å². The molecular formula is C19H23F2N5O6S. The highest BCUT2D eigenvalue weighted by atomic mass is 32.2. The van der Waals surface area contributed by atoms with E-state index in [0.717, 1.165) is 10.5 Å². The molecule has 11 nitrogen and oxygen atoms in total. The number of ether oxygens (including phenoxy) is 1. The molecule has 2 aromatic rings. The van der Waals surface area contributed by atoms with Crippen LogP contribution < -0.4 is 19.7 Å². The van der Waals surface area contributed by atoms with Gasteiger partial charge in [-0.05, 0) is 39.0 Å². The molecule has 33 heavy (non-hydrogen) atoms. The van der Waals surface area contributed by atoms with Gasteiger partial charge in [-0.15, -0.1) is 0 Å². The van der Waals surface area contributed by atoms with Crippen molar-refractivity contribution in [3.63, 3.8) is 0 Å². The summed E-state index contributed by atoms with van der Waals surface area (Å²) in [4.78, 5) is 22.3. The number of hydrogen-bond acceptors (Lipinski definition) is 6. The summed E-state index contributed by atoms with van der Waals surface area (Å²) in [5.41, 5.74) is -1.08. The lowest BCUT2D eigenvalue weighted by Crippen LogP contribution is -2.60. The largest absolute Gasteiger partial charge is 0.484 e. The molecule has 2 heterocycles. The maximum atomic E-state index is 13.6. The van der Waals surface area contributed by atoms with Crippen molar-refractivity contribution in [3.8, 4) is 5.75 Å². The van der Waals surface area contributed by atoms with Crippen LogP contribution in [0, 0.1) is 6.92 Å². The first-order valence-corrected chi connectivity index (χ1v) is 11.1. The van der Waals surface area contributed by atoms with Gasteiger partial charge in [-0.1, -0.05) is 0 Å². The molecule has 2 amide bonds. The first kappa shape index (κ1) is 24.2. The van der Waals surface area contributed by atoms with Gasteiger partial charge in [0.2, 0.25) is 5.91 Å².